The molecule has 26 heavy (non-hydrogen) atoms. The van der Waals surface area contributed by atoms with E-state index in [-0.39, 0.29) is 11.1 Å². The smallest absolute Gasteiger partial charge is 0.388 e. The van der Waals surface area contributed by atoms with Crippen molar-refractivity contribution in [3.8, 4) is 0 Å². The Kier molecular flexibility index (Phi) is 4.37. The summed E-state index contributed by atoms with van der Waals surface area (Å²) in [6.07, 6.45) is 2.71. The fourth-order valence-electron chi connectivity index (χ4n) is 2.41. The summed E-state index contributed by atoms with van der Waals surface area (Å²) >= 11 is 0. The molecular weight excluding hydrogens is 356 g/mol. The summed E-state index contributed by atoms with van der Waals surface area (Å²) < 4.78 is 0. The Bertz CT molecular complexity index is 858. The highest BCUT2D eigenvalue weighted by Gasteiger charge is 2.60. The topological polar surface area (TPSA) is 225 Å². The van der Waals surface area contributed by atoms with Gasteiger partial charge in [0.15, 0.2) is 11.7 Å². The molecule has 2 rings (SSSR count). The predicted octanol–water partition coefficient (Wildman–Crippen LogP) is 0.615. The lowest BCUT2D eigenvalue weighted by Gasteiger charge is -2.22. The summed E-state index contributed by atoms with van der Waals surface area (Å²) in [4.78, 5) is 40.3. The van der Waals surface area contributed by atoms with Gasteiger partial charge in [-0.3, -0.25) is 40.5 Å². The van der Waals surface area contributed by atoms with Crippen molar-refractivity contribution in [2.45, 2.75) is 11.7 Å². The lowest BCUT2D eigenvalue weighted by molar-refractivity contribution is -0.782. The van der Waals surface area contributed by atoms with Crippen LogP contribution < -0.4 is 11.5 Å². The number of anilines is 1. The lowest BCUT2D eigenvalue weighted by Crippen LogP contribution is -2.58. The third-order valence-corrected chi connectivity index (χ3v) is 3.79. The van der Waals surface area contributed by atoms with Gasteiger partial charge in [-0.1, -0.05) is 12.2 Å². The first kappa shape index (κ1) is 18.4. The lowest BCUT2D eigenvalue weighted by atomic mass is 9.89. The fraction of sp³-hybridized carbons (Fsp3) is 0.167. The van der Waals surface area contributed by atoms with Crippen molar-refractivity contribution in [3.63, 3.8) is 0 Å². The quantitative estimate of drug-likeness (QED) is 0.319. The summed E-state index contributed by atoms with van der Waals surface area (Å²) in [6, 6.07) is 0.0509. The van der Waals surface area contributed by atoms with E-state index >= 15 is 0 Å². The molecule has 0 radical (unpaired) electrons. The maximum atomic E-state index is 11.3. The standard InChI is InChI=1S/C12H10N6O8/c13-10-2-1-6(5-12(10,17(23)24)18(25)26)7-3-8(15(19)20)11(14)9(4-7)16(21)22/h1-5,10H,13-14H2. The third kappa shape index (κ3) is 2.69. The molecule has 1 aliphatic rings. The summed E-state index contributed by atoms with van der Waals surface area (Å²) in [7, 11) is 0. The molecule has 0 heterocycles. The maximum Gasteiger partial charge on any atom is 0.496 e. The van der Waals surface area contributed by atoms with E-state index in [4.69, 9.17) is 11.5 Å². The van der Waals surface area contributed by atoms with Crippen LogP contribution in [0.15, 0.2) is 30.4 Å². The monoisotopic (exact) mass is 366 g/mol. The zero-order valence-corrected chi connectivity index (χ0v) is 12.7. The molecule has 1 aromatic carbocycles. The molecule has 1 unspecified atom stereocenters. The summed E-state index contributed by atoms with van der Waals surface area (Å²) in [5, 5.41) is 44.7. The van der Waals surface area contributed by atoms with Crippen molar-refractivity contribution >= 4 is 22.6 Å². The minimum absolute atomic E-state index is 0.216. The average molecular weight is 366 g/mol. The van der Waals surface area contributed by atoms with Crippen molar-refractivity contribution in [2.75, 3.05) is 5.73 Å². The van der Waals surface area contributed by atoms with Crippen LogP contribution in [0.25, 0.3) is 5.57 Å². The SMILES string of the molecule is Nc1c([N+](=O)[O-])cc(C2=CC([N+](=O)[O-])([N+](=O)[O-])C(N)C=C2)cc1[N+](=O)[O-]. The van der Waals surface area contributed by atoms with Gasteiger partial charge in [0.2, 0.25) is 0 Å². The average Bonchev–Trinajstić information content (AvgIpc) is 2.54. The van der Waals surface area contributed by atoms with Crippen molar-refractivity contribution in [3.05, 3.63) is 76.4 Å². The van der Waals surface area contributed by atoms with Gasteiger partial charge >= 0.3 is 5.66 Å². The van der Waals surface area contributed by atoms with E-state index in [1.165, 1.54) is 0 Å². The molecule has 1 atom stereocenters. The molecule has 0 aromatic heterocycles. The van der Waals surface area contributed by atoms with Crippen LogP contribution in [-0.4, -0.2) is 31.4 Å². The molecule has 1 aromatic rings. The minimum Gasteiger partial charge on any atom is -0.388 e. The Hall–Kier alpha value is -3.94. The van der Waals surface area contributed by atoms with Crippen LogP contribution in [0.5, 0.6) is 0 Å². The van der Waals surface area contributed by atoms with E-state index in [1.54, 1.807) is 0 Å². The Morgan fingerprint density at radius 3 is 1.77 bits per heavy atom. The van der Waals surface area contributed by atoms with E-state index in [1.807, 2.05) is 0 Å². The van der Waals surface area contributed by atoms with Crippen molar-refractivity contribution in [1.29, 1.82) is 0 Å². The van der Waals surface area contributed by atoms with Crippen LogP contribution in [0.2, 0.25) is 0 Å². The van der Waals surface area contributed by atoms with Crippen LogP contribution in [0.1, 0.15) is 5.56 Å². The second kappa shape index (κ2) is 6.17. The van der Waals surface area contributed by atoms with E-state index in [9.17, 15) is 40.5 Å². The van der Waals surface area contributed by atoms with Gasteiger partial charge < -0.3 is 11.5 Å². The number of allylic oxidation sites excluding steroid dienone is 2. The van der Waals surface area contributed by atoms with Gasteiger partial charge in [-0.15, -0.1) is 0 Å². The molecule has 0 saturated heterocycles. The minimum atomic E-state index is -2.92. The number of nitro benzene ring substituents is 2. The molecule has 0 saturated carbocycles. The van der Waals surface area contributed by atoms with Gasteiger partial charge in [-0.25, -0.2) is 0 Å². The molecule has 0 bridgehead atoms. The Morgan fingerprint density at radius 1 is 0.923 bits per heavy atom. The molecule has 14 nitrogen and oxygen atoms in total. The largest absolute Gasteiger partial charge is 0.496 e. The van der Waals surface area contributed by atoms with E-state index in [2.05, 4.69) is 0 Å². The van der Waals surface area contributed by atoms with Gasteiger partial charge in [-0.05, 0) is 11.1 Å². The molecular formula is C12H10N6O8. The molecule has 0 aliphatic heterocycles. The van der Waals surface area contributed by atoms with E-state index in [0.29, 0.717) is 6.08 Å². The summed E-state index contributed by atoms with van der Waals surface area (Å²) in [5.74, 6) is 0. The highest BCUT2D eigenvalue weighted by atomic mass is 16.7. The molecule has 4 N–H and O–H groups in total. The number of nitro groups is 4. The van der Waals surface area contributed by atoms with Gasteiger partial charge in [0, 0.05) is 12.1 Å². The van der Waals surface area contributed by atoms with Crippen molar-refractivity contribution in [2.24, 2.45) is 5.73 Å². The summed E-state index contributed by atoms with van der Waals surface area (Å²) in [6.45, 7) is 0. The number of nitrogens with two attached hydrogens (primary N) is 2. The molecule has 0 fully saturated rings. The zero-order chi connectivity index (χ0) is 19.8. The normalized spacial score (nSPS) is 18.0. The van der Waals surface area contributed by atoms with Crippen LogP contribution in [-0.2, 0) is 0 Å². The summed E-state index contributed by atoms with van der Waals surface area (Å²) in [5.41, 5.74) is 5.18. The maximum absolute atomic E-state index is 11.3. The number of hydrogen-bond acceptors (Lipinski definition) is 10. The van der Waals surface area contributed by atoms with E-state index < -0.39 is 48.5 Å². The van der Waals surface area contributed by atoms with Gasteiger partial charge in [0.25, 0.3) is 11.4 Å². The fourth-order valence-corrected chi connectivity index (χ4v) is 2.41. The second-order valence-corrected chi connectivity index (χ2v) is 5.22. The Morgan fingerprint density at radius 2 is 1.38 bits per heavy atom. The molecule has 136 valence electrons. The Labute approximate surface area is 143 Å². The van der Waals surface area contributed by atoms with Gasteiger partial charge in [0.1, 0.15) is 9.85 Å². The first-order valence-electron chi connectivity index (χ1n) is 6.70. The third-order valence-electron chi connectivity index (χ3n) is 3.79. The number of rotatable bonds is 5. The van der Waals surface area contributed by atoms with Crippen molar-refractivity contribution < 1.29 is 19.7 Å². The van der Waals surface area contributed by atoms with Crippen LogP contribution >= 0.6 is 0 Å². The van der Waals surface area contributed by atoms with Gasteiger partial charge in [0.05, 0.1) is 15.9 Å². The molecule has 1 aliphatic carbocycles. The highest BCUT2D eigenvalue weighted by Crippen LogP contribution is 2.37. The number of benzene rings is 1. The van der Waals surface area contributed by atoms with Crippen LogP contribution in [0.3, 0.4) is 0 Å². The highest BCUT2D eigenvalue weighted by molar-refractivity contribution is 5.83. The number of nitrogens with zero attached hydrogens (tertiary/aromatic N) is 4. The molecule has 0 spiro atoms. The van der Waals surface area contributed by atoms with Crippen molar-refractivity contribution in [1.82, 2.24) is 0 Å². The van der Waals surface area contributed by atoms with E-state index in [0.717, 1.165) is 24.3 Å². The number of nitrogen functional groups attached to an aromatic ring is 1. The zero-order valence-electron chi connectivity index (χ0n) is 12.7. The number of hydrogen-bond donors (Lipinski definition) is 2. The first-order valence-corrected chi connectivity index (χ1v) is 6.70. The van der Waals surface area contributed by atoms with Gasteiger partial charge in [-0.2, -0.15) is 0 Å². The second-order valence-electron chi connectivity index (χ2n) is 5.22. The van der Waals surface area contributed by atoms with Crippen LogP contribution in [0, 0.1) is 40.5 Å². The molecule has 14 heteroatoms. The Balaban J connectivity index is 2.77. The first-order chi connectivity index (χ1) is 12.0. The molecule has 0 amide bonds. The van der Waals surface area contributed by atoms with Crippen LogP contribution in [0.4, 0.5) is 17.1 Å². The predicted molar refractivity (Wildman–Crippen MR) is 86.0 cm³/mol.